The number of H-pyrrole nitrogens is 2. The van der Waals surface area contributed by atoms with Gasteiger partial charge in [-0.25, -0.2) is 4.98 Å². The number of nitrogens with one attached hydrogen (secondary N) is 3. The topological polar surface area (TPSA) is 98.9 Å². The van der Waals surface area contributed by atoms with Gasteiger partial charge in [-0.3, -0.25) is 14.8 Å². The molecule has 1 aliphatic heterocycles. The summed E-state index contributed by atoms with van der Waals surface area (Å²) >= 11 is 0. The fraction of sp³-hybridized carbons (Fsp3) is 0.320. The number of imidazole rings is 1. The zero-order chi connectivity index (χ0) is 22.3. The molecule has 8 nitrogen and oxygen atoms in total. The van der Waals surface area contributed by atoms with E-state index < -0.39 is 5.41 Å². The van der Waals surface area contributed by atoms with Crippen molar-refractivity contribution in [3.63, 3.8) is 0 Å². The predicted molar refractivity (Wildman–Crippen MR) is 126 cm³/mol. The highest BCUT2D eigenvalue weighted by molar-refractivity contribution is 6.03. The second-order valence-corrected chi connectivity index (χ2v) is 8.88. The summed E-state index contributed by atoms with van der Waals surface area (Å²) in [5, 5.41) is 10.3. The number of rotatable bonds is 6. The molecule has 0 radical (unpaired) electrons. The minimum absolute atomic E-state index is 0.000239. The summed E-state index contributed by atoms with van der Waals surface area (Å²) in [6.45, 7) is 4.35. The number of nitrogens with zero attached hydrogens (tertiary/aromatic N) is 3. The lowest BCUT2D eigenvalue weighted by atomic mass is 9.95. The number of aromatic amines is 2. The molecule has 2 aromatic heterocycles. The molecule has 168 valence electrons. The van der Waals surface area contributed by atoms with Crippen LogP contribution in [0.2, 0.25) is 0 Å². The van der Waals surface area contributed by atoms with E-state index in [4.69, 9.17) is 9.72 Å². The lowest BCUT2D eigenvalue weighted by Crippen LogP contribution is -2.35. The number of benzene rings is 2. The number of aromatic nitrogens is 4. The van der Waals surface area contributed by atoms with E-state index in [1.54, 1.807) is 6.20 Å². The fourth-order valence-corrected chi connectivity index (χ4v) is 4.62. The summed E-state index contributed by atoms with van der Waals surface area (Å²) in [6.07, 6.45) is 3.42. The first-order valence-electron chi connectivity index (χ1n) is 11.4. The van der Waals surface area contributed by atoms with E-state index in [9.17, 15) is 4.79 Å². The smallest absolute Gasteiger partial charge is 0.235 e. The number of fused-ring (bicyclic) bond motifs is 1. The van der Waals surface area contributed by atoms with Crippen molar-refractivity contribution in [1.82, 2.24) is 25.1 Å². The molecule has 33 heavy (non-hydrogen) atoms. The third kappa shape index (κ3) is 3.81. The van der Waals surface area contributed by atoms with E-state index in [1.165, 1.54) is 5.56 Å². The molecule has 0 unspecified atom stereocenters. The molecule has 6 rings (SSSR count). The van der Waals surface area contributed by atoms with Crippen LogP contribution in [-0.4, -0.2) is 57.3 Å². The van der Waals surface area contributed by atoms with E-state index in [0.29, 0.717) is 17.2 Å². The molecule has 0 bridgehead atoms. The van der Waals surface area contributed by atoms with Crippen LogP contribution in [0.3, 0.4) is 0 Å². The lowest BCUT2D eigenvalue weighted by molar-refractivity contribution is -0.118. The molecule has 3 N–H and O–H groups in total. The Morgan fingerprint density at radius 2 is 1.94 bits per heavy atom. The van der Waals surface area contributed by atoms with Crippen molar-refractivity contribution in [2.45, 2.75) is 24.8 Å². The normalized spacial score (nSPS) is 17.8. The summed E-state index contributed by atoms with van der Waals surface area (Å²) in [7, 11) is 0. The number of carbonyl (C=O) groups excluding carboxylic acids is 1. The molecule has 2 aromatic carbocycles. The van der Waals surface area contributed by atoms with E-state index in [-0.39, 0.29) is 5.91 Å². The van der Waals surface area contributed by atoms with Crippen molar-refractivity contribution >= 4 is 22.6 Å². The Labute approximate surface area is 191 Å². The van der Waals surface area contributed by atoms with Crippen LogP contribution in [0.4, 0.5) is 5.69 Å². The molecule has 1 aliphatic carbocycles. The molecule has 1 saturated heterocycles. The molecule has 1 amide bonds. The van der Waals surface area contributed by atoms with Crippen molar-refractivity contribution in [3.8, 4) is 11.5 Å². The van der Waals surface area contributed by atoms with Gasteiger partial charge in [0, 0.05) is 25.8 Å². The molecular formula is C25H26N6O2. The first kappa shape index (κ1) is 20.1. The van der Waals surface area contributed by atoms with Gasteiger partial charge in [0.2, 0.25) is 5.91 Å². The minimum Gasteiger partial charge on any atom is -0.379 e. The molecule has 2 aliphatic rings. The molecular weight excluding hydrogens is 416 g/mol. The number of amides is 1. The first-order chi connectivity index (χ1) is 16.2. The van der Waals surface area contributed by atoms with Crippen molar-refractivity contribution < 1.29 is 9.53 Å². The van der Waals surface area contributed by atoms with Crippen LogP contribution in [0.25, 0.3) is 22.6 Å². The zero-order valence-electron chi connectivity index (χ0n) is 18.3. The van der Waals surface area contributed by atoms with Gasteiger partial charge in [-0.1, -0.05) is 36.4 Å². The van der Waals surface area contributed by atoms with Crippen LogP contribution < -0.4 is 5.32 Å². The third-order valence-corrected chi connectivity index (χ3v) is 6.68. The Morgan fingerprint density at radius 3 is 2.73 bits per heavy atom. The maximum absolute atomic E-state index is 13.2. The van der Waals surface area contributed by atoms with Gasteiger partial charge >= 0.3 is 0 Å². The molecule has 8 heteroatoms. The van der Waals surface area contributed by atoms with Crippen LogP contribution >= 0.6 is 0 Å². The molecule has 0 atom stereocenters. The van der Waals surface area contributed by atoms with E-state index in [0.717, 1.165) is 62.3 Å². The van der Waals surface area contributed by atoms with E-state index in [2.05, 4.69) is 43.6 Å². The highest BCUT2D eigenvalue weighted by atomic mass is 16.5. The Morgan fingerprint density at radius 1 is 1.12 bits per heavy atom. The highest BCUT2D eigenvalue weighted by Crippen LogP contribution is 2.49. The van der Waals surface area contributed by atoms with Gasteiger partial charge < -0.3 is 15.0 Å². The molecule has 0 spiro atoms. The maximum Gasteiger partial charge on any atom is 0.235 e. The number of morpholine rings is 1. The number of hydrogen-bond donors (Lipinski definition) is 3. The maximum atomic E-state index is 13.2. The van der Waals surface area contributed by atoms with Crippen LogP contribution in [0, 0.1) is 0 Å². The van der Waals surface area contributed by atoms with Gasteiger partial charge in [0.15, 0.2) is 11.5 Å². The van der Waals surface area contributed by atoms with Gasteiger partial charge in [0.25, 0.3) is 0 Å². The molecule has 1 saturated carbocycles. The van der Waals surface area contributed by atoms with Crippen molar-refractivity contribution in [1.29, 1.82) is 0 Å². The monoisotopic (exact) mass is 442 g/mol. The highest BCUT2D eigenvalue weighted by Gasteiger charge is 2.51. The van der Waals surface area contributed by atoms with Gasteiger partial charge in [0.05, 0.1) is 35.3 Å². The Bertz CT molecular complexity index is 1280. The first-order valence-corrected chi connectivity index (χ1v) is 11.4. The molecule has 3 heterocycles. The quantitative estimate of drug-likeness (QED) is 0.425. The van der Waals surface area contributed by atoms with E-state index in [1.807, 2.05) is 30.3 Å². The number of anilines is 1. The fourth-order valence-electron chi connectivity index (χ4n) is 4.62. The van der Waals surface area contributed by atoms with E-state index >= 15 is 0 Å². The van der Waals surface area contributed by atoms with Crippen LogP contribution in [-0.2, 0) is 21.5 Å². The second-order valence-electron chi connectivity index (χ2n) is 8.88. The standard InChI is InChI=1S/C25H26N6O2/c32-24(25(8-9-25)18-4-2-1-3-5-18)29-21-15-26-30-22(21)23-27-19-7-6-17(14-20(19)28-23)16-31-10-12-33-13-11-31/h1-7,14-15H,8-13,16H2,(H,26,30)(H,27,28)(H,29,32). The average Bonchev–Trinajstić information content (AvgIpc) is 3.36. The number of hydrogen-bond acceptors (Lipinski definition) is 5. The SMILES string of the molecule is O=C(Nc1c[nH]nc1-c1nc2cc(CN3CCOCC3)ccc2[nH]1)C1(c2ccccc2)CC1. The summed E-state index contributed by atoms with van der Waals surface area (Å²) in [4.78, 5) is 23.7. The lowest BCUT2D eigenvalue weighted by Gasteiger charge is -2.26. The summed E-state index contributed by atoms with van der Waals surface area (Å²) in [5.74, 6) is 0.634. The number of carbonyl (C=O) groups is 1. The van der Waals surface area contributed by atoms with Gasteiger partial charge in [-0.05, 0) is 36.1 Å². The zero-order valence-corrected chi connectivity index (χ0v) is 18.3. The molecule has 2 fully saturated rings. The van der Waals surface area contributed by atoms with Crippen LogP contribution in [0.1, 0.15) is 24.0 Å². The van der Waals surface area contributed by atoms with Crippen molar-refractivity contribution in [2.75, 3.05) is 31.6 Å². The Balaban J connectivity index is 1.23. The summed E-state index contributed by atoms with van der Waals surface area (Å²) in [6, 6.07) is 16.3. The third-order valence-electron chi connectivity index (χ3n) is 6.68. The van der Waals surface area contributed by atoms with Crippen molar-refractivity contribution in [2.24, 2.45) is 0 Å². The van der Waals surface area contributed by atoms with Gasteiger partial charge in [0.1, 0.15) is 0 Å². The largest absolute Gasteiger partial charge is 0.379 e. The predicted octanol–water partition coefficient (Wildman–Crippen LogP) is 3.46. The van der Waals surface area contributed by atoms with Gasteiger partial charge in [-0.2, -0.15) is 5.10 Å². The number of ether oxygens (including phenoxy) is 1. The second kappa shape index (κ2) is 8.13. The summed E-state index contributed by atoms with van der Waals surface area (Å²) in [5.41, 5.74) is 4.91. The molecule has 4 aromatic rings. The minimum atomic E-state index is -0.446. The summed E-state index contributed by atoms with van der Waals surface area (Å²) < 4.78 is 5.44. The average molecular weight is 443 g/mol. The van der Waals surface area contributed by atoms with Crippen LogP contribution in [0.15, 0.2) is 54.7 Å². The Kier molecular flexibility index (Phi) is 4.96. The van der Waals surface area contributed by atoms with Crippen molar-refractivity contribution in [3.05, 3.63) is 65.9 Å². The van der Waals surface area contributed by atoms with Crippen LogP contribution in [0.5, 0.6) is 0 Å². The van der Waals surface area contributed by atoms with Gasteiger partial charge in [-0.15, -0.1) is 0 Å². The Hall–Kier alpha value is -3.49.